The van der Waals surface area contributed by atoms with Gasteiger partial charge in [0.1, 0.15) is 5.78 Å². The van der Waals surface area contributed by atoms with Gasteiger partial charge in [0, 0.05) is 20.6 Å². The summed E-state index contributed by atoms with van der Waals surface area (Å²) in [7, 11) is 3.03. The average molecular weight is 282 g/mol. The highest BCUT2D eigenvalue weighted by Gasteiger charge is 1.75. The Labute approximate surface area is 118 Å². The van der Waals surface area contributed by atoms with E-state index in [4.69, 9.17) is 0 Å². The molecule has 0 aliphatic carbocycles. The molecule has 18 heavy (non-hydrogen) atoms. The van der Waals surface area contributed by atoms with Crippen LogP contribution < -0.4 is 0 Å². The van der Waals surface area contributed by atoms with Crippen LogP contribution in [0.2, 0.25) is 0 Å². The van der Waals surface area contributed by atoms with Gasteiger partial charge in [0.2, 0.25) is 0 Å². The number of ketones is 1. The van der Waals surface area contributed by atoms with E-state index in [1.165, 1.54) is 27.9 Å². The zero-order chi connectivity index (χ0) is 14.9. The molecule has 0 bridgehead atoms. The van der Waals surface area contributed by atoms with Crippen molar-refractivity contribution in [2.45, 2.75) is 49.0 Å². The highest BCUT2D eigenvalue weighted by Crippen LogP contribution is 1.61. The number of Topliss-reactive ketones (excluding diaryl/α,β-unsaturated/α-hetero) is 1. The second-order valence-corrected chi connectivity index (χ2v) is 3.91. The SMILES string of the molecule is C.CC(C)=O.CC(C)=S.CCOC.COC(C)=O. The van der Waals surface area contributed by atoms with Crippen LogP contribution in [0.1, 0.15) is 49.0 Å². The van der Waals surface area contributed by atoms with Crippen LogP contribution in [0.15, 0.2) is 0 Å². The summed E-state index contributed by atoms with van der Waals surface area (Å²) in [5.74, 6) is -0.0787. The van der Waals surface area contributed by atoms with Crippen LogP contribution in [0.4, 0.5) is 0 Å². The molecule has 0 aliphatic heterocycles. The van der Waals surface area contributed by atoms with Crippen molar-refractivity contribution in [2.75, 3.05) is 20.8 Å². The summed E-state index contributed by atoms with van der Waals surface area (Å²) >= 11 is 4.54. The average Bonchev–Trinajstić information content (AvgIpc) is 2.16. The van der Waals surface area contributed by atoms with Crippen LogP contribution in [-0.4, -0.2) is 37.4 Å². The molecule has 0 atom stereocenters. The van der Waals surface area contributed by atoms with Gasteiger partial charge < -0.3 is 14.3 Å². The molecule has 0 aliphatic rings. The number of hydrogen-bond acceptors (Lipinski definition) is 5. The zero-order valence-corrected chi connectivity index (χ0v) is 13.1. The van der Waals surface area contributed by atoms with E-state index in [0.29, 0.717) is 0 Å². The molecule has 112 valence electrons. The molecule has 0 unspecified atom stereocenters. The van der Waals surface area contributed by atoms with Crippen molar-refractivity contribution in [3.05, 3.63) is 0 Å². The highest BCUT2D eigenvalue weighted by molar-refractivity contribution is 7.80. The highest BCUT2D eigenvalue weighted by atomic mass is 32.1. The van der Waals surface area contributed by atoms with Crippen molar-refractivity contribution in [1.82, 2.24) is 0 Å². The molecule has 0 saturated heterocycles. The van der Waals surface area contributed by atoms with E-state index in [1.54, 1.807) is 7.11 Å². The Kier molecular flexibility index (Phi) is 50.3. The first-order valence-electron chi connectivity index (χ1n) is 5.13. The number of methoxy groups -OCH3 is 2. The van der Waals surface area contributed by atoms with E-state index in [-0.39, 0.29) is 19.2 Å². The molecular weight excluding hydrogens is 252 g/mol. The van der Waals surface area contributed by atoms with Gasteiger partial charge in [-0.15, -0.1) is 0 Å². The summed E-state index contributed by atoms with van der Waals surface area (Å²) in [6.45, 7) is 11.0. The lowest BCUT2D eigenvalue weighted by Crippen LogP contribution is -1.88. The number of ether oxygens (including phenoxy) is 2. The molecule has 0 saturated carbocycles. The second-order valence-electron chi connectivity index (χ2n) is 3.09. The van der Waals surface area contributed by atoms with Crippen LogP contribution in [0, 0.1) is 0 Å². The third-order valence-electron chi connectivity index (χ3n) is 0.576. The predicted molar refractivity (Wildman–Crippen MR) is 82.3 cm³/mol. The van der Waals surface area contributed by atoms with Crippen LogP contribution in [0.25, 0.3) is 0 Å². The maximum atomic E-state index is 9.59. The normalized spacial score (nSPS) is 6.44. The van der Waals surface area contributed by atoms with Crippen molar-refractivity contribution in [1.29, 1.82) is 0 Å². The molecular formula is C13H30O4S. The molecule has 0 heterocycles. The Morgan fingerprint density at radius 3 is 1.11 bits per heavy atom. The van der Waals surface area contributed by atoms with E-state index in [1.807, 2.05) is 20.8 Å². The Bertz CT molecular complexity index is 169. The maximum absolute atomic E-state index is 9.59. The summed E-state index contributed by atoms with van der Waals surface area (Å²) in [6, 6.07) is 0. The number of carbonyl (C=O) groups excluding carboxylic acids is 2. The lowest BCUT2D eigenvalue weighted by molar-refractivity contribution is -0.137. The molecule has 0 aromatic rings. The van der Waals surface area contributed by atoms with Gasteiger partial charge in [-0.1, -0.05) is 19.6 Å². The van der Waals surface area contributed by atoms with Gasteiger partial charge in [-0.25, -0.2) is 0 Å². The summed E-state index contributed by atoms with van der Waals surface area (Å²) in [6.07, 6.45) is 0. The molecule has 0 amide bonds. The van der Waals surface area contributed by atoms with Gasteiger partial charge in [0.05, 0.1) is 7.11 Å². The van der Waals surface area contributed by atoms with Crippen LogP contribution in [-0.2, 0) is 19.1 Å². The minimum atomic E-state index is -0.245. The minimum Gasteiger partial charge on any atom is -0.469 e. The Morgan fingerprint density at radius 2 is 1.11 bits per heavy atom. The van der Waals surface area contributed by atoms with Crippen molar-refractivity contribution in [3.63, 3.8) is 0 Å². The molecule has 0 aromatic carbocycles. The molecule has 4 nitrogen and oxygen atoms in total. The number of esters is 1. The van der Waals surface area contributed by atoms with E-state index < -0.39 is 0 Å². The lowest BCUT2D eigenvalue weighted by Gasteiger charge is -1.80. The van der Waals surface area contributed by atoms with E-state index in [2.05, 4.69) is 21.7 Å². The maximum Gasteiger partial charge on any atom is 0.302 e. The molecule has 0 N–H and O–H groups in total. The van der Waals surface area contributed by atoms with Crippen LogP contribution in [0.5, 0.6) is 0 Å². The van der Waals surface area contributed by atoms with E-state index in [0.717, 1.165) is 11.5 Å². The van der Waals surface area contributed by atoms with E-state index in [9.17, 15) is 9.59 Å². The first kappa shape index (κ1) is 30.3. The first-order valence-corrected chi connectivity index (χ1v) is 5.54. The standard InChI is InChI=1S/C3H6O2.C3H8O.C3H6O.C3H6S.CH4/c1-3(4)5-2;1-3-4-2;2*1-3(2)4;/h1-2H3;3H2,1-2H3;2*1-2H3;1H4. The number of hydrogen-bond donors (Lipinski definition) is 0. The summed E-state index contributed by atoms with van der Waals surface area (Å²) in [5, 5.41) is 0. The molecule has 0 fully saturated rings. The first-order chi connectivity index (χ1) is 7.65. The van der Waals surface area contributed by atoms with Crippen molar-refractivity contribution in [3.8, 4) is 0 Å². The van der Waals surface area contributed by atoms with Gasteiger partial charge in [-0.05, 0) is 39.5 Å². The number of carbonyl (C=O) groups is 2. The predicted octanol–water partition coefficient (Wildman–Crippen LogP) is 3.46. The van der Waals surface area contributed by atoms with Crippen LogP contribution in [0.3, 0.4) is 0 Å². The topological polar surface area (TPSA) is 52.6 Å². The molecule has 0 aromatic heterocycles. The monoisotopic (exact) mass is 282 g/mol. The van der Waals surface area contributed by atoms with Crippen molar-refractivity contribution in [2.24, 2.45) is 0 Å². The third-order valence-corrected chi connectivity index (χ3v) is 0.576. The molecule has 0 spiro atoms. The van der Waals surface area contributed by atoms with Gasteiger partial charge in [0.25, 0.3) is 0 Å². The Hall–Kier alpha value is -0.810. The van der Waals surface area contributed by atoms with Crippen LogP contribution >= 0.6 is 12.2 Å². The fourth-order valence-electron chi connectivity index (χ4n) is 0. The summed E-state index contributed by atoms with van der Waals surface area (Å²) in [5.41, 5.74) is 0. The number of thiocarbonyl (C=S) groups is 1. The summed E-state index contributed by atoms with van der Waals surface area (Å²) in [4.78, 5) is 20.0. The van der Waals surface area contributed by atoms with Gasteiger partial charge in [-0.2, -0.15) is 0 Å². The Morgan fingerprint density at radius 1 is 1.00 bits per heavy atom. The lowest BCUT2D eigenvalue weighted by atomic mass is 10.6. The van der Waals surface area contributed by atoms with Gasteiger partial charge >= 0.3 is 5.97 Å². The quantitative estimate of drug-likeness (QED) is 0.544. The fraction of sp³-hybridized carbons (Fsp3) is 0.769. The smallest absolute Gasteiger partial charge is 0.302 e. The van der Waals surface area contributed by atoms with Crippen molar-refractivity contribution >= 4 is 28.8 Å². The summed E-state index contributed by atoms with van der Waals surface area (Å²) < 4.78 is 8.65. The van der Waals surface area contributed by atoms with E-state index >= 15 is 0 Å². The van der Waals surface area contributed by atoms with Gasteiger partial charge in [-0.3, -0.25) is 4.79 Å². The fourth-order valence-corrected chi connectivity index (χ4v) is 0. The zero-order valence-electron chi connectivity index (χ0n) is 12.2. The van der Waals surface area contributed by atoms with Crippen molar-refractivity contribution < 1.29 is 19.1 Å². The largest absolute Gasteiger partial charge is 0.469 e. The van der Waals surface area contributed by atoms with Gasteiger partial charge in [0.15, 0.2) is 0 Å². The Balaban J connectivity index is -0.0000000412. The second kappa shape index (κ2) is 29.8. The molecule has 5 heteroatoms. The number of rotatable bonds is 1. The third kappa shape index (κ3) is 638. The molecule has 0 rings (SSSR count). The molecule has 0 radical (unpaired) electrons. The minimum absolute atomic E-state index is 0.